The second-order valence-electron chi connectivity index (χ2n) is 1.56. The van der Waals surface area contributed by atoms with Crippen molar-refractivity contribution in [3.05, 3.63) is 0 Å². The van der Waals surface area contributed by atoms with E-state index in [1.807, 2.05) is 4.72 Å². The minimum absolute atomic E-state index is 0.299. The Hall–Kier alpha value is -0.0200. The Labute approximate surface area is 67.5 Å². The fourth-order valence-electron chi connectivity index (χ4n) is 0.317. The predicted molar refractivity (Wildman–Crippen MR) is 39.6 cm³/mol. The minimum Gasteiger partial charge on any atom is -0.284 e. The van der Waals surface area contributed by atoms with Gasteiger partial charge in [0.25, 0.3) is 0 Å². The van der Waals surface area contributed by atoms with E-state index in [9.17, 15) is 12.6 Å². The van der Waals surface area contributed by atoms with Crippen LogP contribution in [0.2, 0.25) is 0 Å². The van der Waals surface area contributed by atoms with Gasteiger partial charge in [-0.25, -0.2) is 13.1 Å². The van der Waals surface area contributed by atoms with Crippen LogP contribution in [0.4, 0.5) is 0 Å². The highest BCUT2D eigenvalue weighted by Crippen LogP contribution is 1.85. The van der Waals surface area contributed by atoms with Crippen LogP contribution in [0.15, 0.2) is 0 Å². The van der Waals surface area contributed by atoms with Crippen LogP contribution in [0.25, 0.3) is 0 Å². The summed E-state index contributed by atoms with van der Waals surface area (Å²) in [7, 11) is -2.08. The Morgan fingerprint density at radius 2 is 2.18 bits per heavy atom. The summed E-state index contributed by atoms with van der Waals surface area (Å²) < 4.78 is 45.2. The van der Waals surface area contributed by atoms with E-state index in [-0.39, 0.29) is 12.4 Å². The third-order valence-electron chi connectivity index (χ3n) is 0.847. The fraction of sp³-hybridized carbons (Fsp3) is 1.00. The van der Waals surface area contributed by atoms with Gasteiger partial charge in [-0.3, -0.25) is 8.74 Å². The van der Waals surface area contributed by atoms with Gasteiger partial charge < -0.3 is 0 Å². The summed E-state index contributed by atoms with van der Waals surface area (Å²) in [5.41, 5.74) is 0. The Balaban J connectivity index is 3.63. The summed E-state index contributed by atoms with van der Waals surface area (Å²) in [4.78, 5) is 0. The van der Waals surface area contributed by atoms with E-state index in [1.165, 1.54) is 7.05 Å². The molecule has 0 spiro atoms. The number of nitrogens with one attached hydrogen (secondary N) is 1. The quantitative estimate of drug-likeness (QED) is 0.541. The molecule has 8 heteroatoms. The lowest BCUT2D eigenvalue weighted by atomic mass is 10.9. The molecule has 0 aromatic carbocycles. The predicted octanol–water partition coefficient (Wildman–Crippen LogP) is -1.31. The topological polar surface area (TPSA) is 92.7 Å². The minimum atomic E-state index is -3.34. The Morgan fingerprint density at radius 1 is 1.64 bits per heavy atom. The molecule has 0 aliphatic rings. The van der Waals surface area contributed by atoms with E-state index in [4.69, 9.17) is 4.55 Å². The molecule has 2 N–H and O–H groups in total. The molecular weight excluding hydrogens is 194 g/mol. The first kappa shape index (κ1) is 11.0. The average molecular weight is 203 g/mol. The molecule has 6 nitrogen and oxygen atoms in total. The summed E-state index contributed by atoms with van der Waals surface area (Å²) in [5, 5.41) is 0. The van der Waals surface area contributed by atoms with Gasteiger partial charge in [-0.15, -0.1) is 0 Å². The number of hydrogen-bond acceptors (Lipinski definition) is 4. The summed E-state index contributed by atoms with van der Waals surface area (Å²) in [6.45, 7) is -0.299. The molecule has 0 aliphatic heterocycles. The highest BCUT2D eigenvalue weighted by atomic mass is 32.2. The molecule has 68 valence electrons. The molecule has 0 saturated carbocycles. The molecule has 0 radical (unpaired) electrons. The monoisotopic (exact) mass is 203 g/mol. The maximum absolute atomic E-state index is 10.6. The first-order chi connectivity index (χ1) is 4.98. The Bertz CT molecular complexity index is 222. The third kappa shape index (κ3) is 6.38. The van der Waals surface area contributed by atoms with Crippen molar-refractivity contribution in [3.63, 3.8) is 0 Å². The zero-order valence-corrected chi connectivity index (χ0v) is 7.44. The van der Waals surface area contributed by atoms with Crippen LogP contribution < -0.4 is 4.72 Å². The van der Waals surface area contributed by atoms with E-state index in [0.717, 1.165) is 0 Å². The van der Waals surface area contributed by atoms with E-state index >= 15 is 0 Å². The molecule has 11 heavy (non-hydrogen) atoms. The SMILES string of the molecule is CNS(=O)(=O)CCOS(=O)O. The van der Waals surface area contributed by atoms with Crippen molar-refractivity contribution in [2.75, 3.05) is 19.4 Å². The van der Waals surface area contributed by atoms with Crippen LogP contribution in [-0.2, 0) is 25.6 Å². The first-order valence-electron chi connectivity index (χ1n) is 2.63. The second kappa shape index (κ2) is 4.78. The van der Waals surface area contributed by atoms with Crippen molar-refractivity contribution in [2.45, 2.75) is 0 Å². The Morgan fingerprint density at radius 3 is 2.55 bits per heavy atom. The fourth-order valence-corrected chi connectivity index (χ4v) is 1.16. The number of sulfonamides is 1. The lowest BCUT2D eigenvalue weighted by Crippen LogP contribution is -2.24. The van der Waals surface area contributed by atoms with Crippen LogP contribution in [0.5, 0.6) is 0 Å². The van der Waals surface area contributed by atoms with Crippen molar-refractivity contribution in [3.8, 4) is 0 Å². The average Bonchev–Trinajstić information content (AvgIpc) is 1.87. The number of rotatable bonds is 5. The highest BCUT2D eigenvalue weighted by molar-refractivity contribution is 7.89. The summed E-state index contributed by atoms with van der Waals surface area (Å²) in [5.74, 6) is -0.324. The van der Waals surface area contributed by atoms with Gasteiger partial charge in [-0.05, 0) is 7.05 Å². The van der Waals surface area contributed by atoms with Gasteiger partial charge in [0, 0.05) is 0 Å². The van der Waals surface area contributed by atoms with Crippen LogP contribution in [0.1, 0.15) is 0 Å². The lowest BCUT2D eigenvalue weighted by Gasteiger charge is -1.99. The molecule has 1 atom stereocenters. The lowest BCUT2D eigenvalue weighted by molar-refractivity contribution is 0.325. The Kier molecular flexibility index (Phi) is 4.77. The zero-order chi connectivity index (χ0) is 8.91. The van der Waals surface area contributed by atoms with E-state index in [1.54, 1.807) is 0 Å². The standard InChI is InChI=1S/C3H9NO5S2/c1-4-11(7,8)3-2-9-10(5)6/h4H,2-3H2,1H3,(H,5,6). The molecule has 0 aromatic rings. The molecule has 0 fully saturated rings. The van der Waals surface area contributed by atoms with Gasteiger partial charge in [0.05, 0.1) is 12.4 Å². The molecule has 1 unspecified atom stereocenters. The maximum Gasteiger partial charge on any atom is 0.301 e. The van der Waals surface area contributed by atoms with Gasteiger partial charge in [0.1, 0.15) is 0 Å². The van der Waals surface area contributed by atoms with Gasteiger partial charge in [-0.1, -0.05) is 0 Å². The normalized spacial score (nSPS) is 14.7. The van der Waals surface area contributed by atoms with E-state index in [0.29, 0.717) is 0 Å². The van der Waals surface area contributed by atoms with Crippen LogP contribution in [-0.4, -0.2) is 36.6 Å². The van der Waals surface area contributed by atoms with Crippen LogP contribution in [0.3, 0.4) is 0 Å². The molecule has 0 rings (SSSR count). The molecule has 0 amide bonds. The largest absolute Gasteiger partial charge is 0.301 e. The van der Waals surface area contributed by atoms with E-state index in [2.05, 4.69) is 4.18 Å². The van der Waals surface area contributed by atoms with Crippen LogP contribution >= 0.6 is 0 Å². The van der Waals surface area contributed by atoms with Gasteiger partial charge in [0.2, 0.25) is 10.0 Å². The van der Waals surface area contributed by atoms with Crippen molar-refractivity contribution < 1.29 is 21.4 Å². The molecule has 0 saturated heterocycles. The second-order valence-corrected chi connectivity index (χ2v) is 4.28. The van der Waals surface area contributed by atoms with Gasteiger partial charge in [0.15, 0.2) is 0 Å². The van der Waals surface area contributed by atoms with Gasteiger partial charge >= 0.3 is 11.4 Å². The van der Waals surface area contributed by atoms with Crippen LogP contribution in [0, 0.1) is 0 Å². The van der Waals surface area contributed by atoms with Crippen molar-refractivity contribution in [1.29, 1.82) is 0 Å². The smallest absolute Gasteiger partial charge is 0.284 e. The highest BCUT2D eigenvalue weighted by Gasteiger charge is 2.06. The zero-order valence-electron chi connectivity index (χ0n) is 5.81. The summed E-state index contributed by atoms with van der Waals surface area (Å²) in [6.07, 6.45) is 0. The summed E-state index contributed by atoms with van der Waals surface area (Å²) in [6, 6.07) is 0. The first-order valence-corrected chi connectivity index (χ1v) is 5.31. The van der Waals surface area contributed by atoms with Crippen molar-refractivity contribution >= 4 is 21.4 Å². The molecule has 0 heterocycles. The van der Waals surface area contributed by atoms with Gasteiger partial charge in [-0.2, -0.15) is 4.21 Å². The molecule has 0 aliphatic carbocycles. The maximum atomic E-state index is 10.6. The summed E-state index contributed by atoms with van der Waals surface area (Å²) >= 11 is -2.39. The molecular formula is C3H9NO5S2. The third-order valence-corrected chi connectivity index (χ3v) is 2.54. The van der Waals surface area contributed by atoms with E-state index < -0.39 is 21.4 Å². The van der Waals surface area contributed by atoms with Crippen molar-refractivity contribution in [2.24, 2.45) is 0 Å². The molecule has 0 aromatic heterocycles. The van der Waals surface area contributed by atoms with Crippen molar-refractivity contribution in [1.82, 2.24) is 4.72 Å². The number of hydrogen-bond donors (Lipinski definition) is 2. The molecule has 0 bridgehead atoms.